The number of nitrogens with zero attached hydrogens (tertiary/aromatic N) is 3. The SMILES string of the molecule is CCOc1ccc(-c2c(C)nn3c(C)c(C(=O)Nc4cccc(F)c4)cnc23)cc1OCC. The zero-order valence-corrected chi connectivity index (χ0v) is 19.0. The molecular formula is C25H25FN4O3. The molecule has 0 aliphatic heterocycles. The van der Waals surface area contributed by atoms with E-state index in [-0.39, 0.29) is 5.91 Å². The predicted octanol–water partition coefficient (Wildman–Crippen LogP) is 5.20. The van der Waals surface area contributed by atoms with Gasteiger partial charge in [-0.15, -0.1) is 0 Å². The van der Waals surface area contributed by atoms with Crippen LogP contribution in [0.2, 0.25) is 0 Å². The van der Waals surface area contributed by atoms with Crippen LogP contribution >= 0.6 is 0 Å². The maximum Gasteiger partial charge on any atom is 0.259 e. The van der Waals surface area contributed by atoms with Crippen molar-refractivity contribution in [3.63, 3.8) is 0 Å². The van der Waals surface area contributed by atoms with Gasteiger partial charge in [0, 0.05) is 17.4 Å². The number of nitrogens with one attached hydrogen (secondary N) is 1. The average molecular weight is 448 g/mol. The van der Waals surface area contributed by atoms with Gasteiger partial charge in [0.25, 0.3) is 5.91 Å². The fourth-order valence-corrected chi connectivity index (χ4v) is 3.73. The third kappa shape index (κ3) is 4.37. The Kier molecular flexibility index (Phi) is 6.26. The number of anilines is 1. The third-order valence-corrected chi connectivity index (χ3v) is 5.22. The Bertz CT molecular complexity index is 1330. The van der Waals surface area contributed by atoms with E-state index >= 15 is 0 Å². The van der Waals surface area contributed by atoms with Crippen LogP contribution in [0, 0.1) is 19.7 Å². The van der Waals surface area contributed by atoms with Crippen molar-refractivity contribution in [1.82, 2.24) is 14.6 Å². The second kappa shape index (κ2) is 9.28. The lowest BCUT2D eigenvalue weighted by atomic mass is 10.1. The van der Waals surface area contributed by atoms with Gasteiger partial charge in [-0.25, -0.2) is 13.9 Å². The van der Waals surface area contributed by atoms with Gasteiger partial charge in [0.05, 0.1) is 30.2 Å². The number of benzene rings is 2. The van der Waals surface area contributed by atoms with Crippen LogP contribution in [0.1, 0.15) is 35.6 Å². The molecule has 0 atom stereocenters. The first-order valence-corrected chi connectivity index (χ1v) is 10.7. The number of carbonyl (C=O) groups is 1. The average Bonchev–Trinajstić information content (AvgIpc) is 3.12. The molecule has 1 N–H and O–H groups in total. The molecule has 0 spiro atoms. The quantitative estimate of drug-likeness (QED) is 0.420. The highest BCUT2D eigenvalue weighted by Crippen LogP contribution is 2.36. The van der Waals surface area contributed by atoms with Crippen molar-refractivity contribution in [2.75, 3.05) is 18.5 Å². The summed E-state index contributed by atoms with van der Waals surface area (Å²) < 4.78 is 26.6. The maximum absolute atomic E-state index is 13.5. The molecule has 0 saturated carbocycles. The Hall–Kier alpha value is -3.94. The van der Waals surface area contributed by atoms with Gasteiger partial charge in [0.2, 0.25) is 0 Å². The minimum Gasteiger partial charge on any atom is -0.490 e. The summed E-state index contributed by atoms with van der Waals surface area (Å²) in [6.45, 7) is 8.59. The fourth-order valence-electron chi connectivity index (χ4n) is 3.73. The number of ether oxygens (including phenoxy) is 2. The van der Waals surface area contributed by atoms with Crippen LogP contribution in [0.5, 0.6) is 11.5 Å². The van der Waals surface area contributed by atoms with E-state index in [2.05, 4.69) is 15.4 Å². The van der Waals surface area contributed by atoms with Crippen LogP contribution in [-0.4, -0.2) is 33.7 Å². The Morgan fingerprint density at radius 2 is 1.82 bits per heavy atom. The molecule has 4 aromatic rings. The van der Waals surface area contributed by atoms with Crippen molar-refractivity contribution in [1.29, 1.82) is 0 Å². The predicted molar refractivity (Wildman–Crippen MR) is 125 cm³/mol. The number of halogens is 1. The third-order valence-electron chi connectivity index (χ3n) is 5.22. The van der Waals surface area contributed by atoms with Gasteiger partial charge in [-0.2, -0.15) is 5.10 Å². The van der Waals surface area contributed by atoms with Crippen LogP contribution < -0.4 is 14.8 Å². The van der Waals surface area contributed by atoms with Gasteiger partial charge in [0.15, 0.2) is 17.1 Å². The van der Waals surface area contributed by atoms with E-state index in [9.17, 15) is 9.18 Å². The largest absolute Gasteiger partial charge is 0.490 e. The standard InChI is InChI=1S/C25H25FN4O3/c1-5-32-21-11-10-17(12-22(21)33-6-2)23-15(3)29-30-16(4)20(14-27-24(23)30)25(31)28-19-9-7-8-18(26)13-19/h7-14H,5-6H2,1-4H3,(H,28,31). The lowest BCUT2D eigenvalue weighted by Crippen LogP contribution is -2.16. The molecule has 4 rings (SSSR count). The number of rotatable bonds is 7. The van der Waals surface area contributed by atoms with E-state index in [1.807, 2.05) is 39.0 Å². The summed E-state index contributed by atoms with van der Waals surface area (Å²) in [6.07, 6.45) is 1.52. The smallest absolute Gasteiger partial charge is 0.259 e. The summed E-state index contributed by atoms with van der Waals surface area (Å²) in [5.74, 6) is 0.519. The van der Waals surface area contributed by atoms with Crippen LogP contribution in [0.4, 0.5) is 10.1 Å². The lowest BCUT2D eigenvalue weighted by molar-refractivity contribution is 0.102. The van der Waals surface area contributed by atoms with Gasteiger partial charge in [-0.05, 0) is 63.6 Å². The summed E-state index contributed by atoms with van der Waals surface area (Å²) in [5, 5.41) is 7.34. The van der Waals surface area contributed by atoms with Crippen molar-refractivity contribution in [3.8, 4) is 22.6 Å². The first-order chi connectivity index (χ1) is 15.9. The molecule has 0 radical (unpaired) electrons. The molecular weight excluding hydrogens is 423 g/mol. The summed E-state index contributed by atoms with van der Waals surface area (Å²) in [4.78, 5) is 17.4. The van der Waals surface area contributed by atoms with Crippen LogP contribution in [0.3, 0.4) is 0 Å². The molecule has 0 aliphatic carbocycles. The summed E-state index contributed by atoms with van der Waals surface area (Å²) >= 11 is 0. The number of fused-ring (bicyclic) bond motifs is 1. The van der Waals surface area contributed by atoms with Crippen molar-refractivity contribution in [2.24, 2.45) is 0 Å². The Labute approximate surface area is 191 Å². The monoisotopic (exact) mass is 448 g/mol. The number of hydrogen-bond donors (Lipinski definition) is 1. The number of hydrogen-bond acceptors (Lipinski definition) is 5. The Morgan fingerprint density at radius 3 is 2.55 bits per heavy atom. The first-order valence-electron chi connectivity index (χ1n) is 10.7. The second-order valence-corrected chi connectivity index (χ2v) is 7.45. The van der Waals surface area contributed by atoms with E-state index in [0.717, 1.165) is 16.8 Å². The Balaban J connectivity index is 1.74. The van der Waals surface area contributed by atoms with E-state index < -0.39 is 5.82 Å². The van der Waals surface area contributed by atoms with Crippen molar-refractivity contribution in [2.45, 2.75) is 27.7 Å². The van der Waals surface area contributed by atoms with Crippen LogP contribution in [0.25, 0.3) is 16.8 Å². The van der Waals surface area contributed by atoms with Crippen LogP contribution in [-0.2, 0) is 0 Å². The maximum atomic E-state index is 13.5. The minimum atomic E-state index is -0.424. The van der Waals surface area contributed by atoms with Gasteiger partial charge in [0.1, 0.15) is 5.82 Å². The summed E-state index contributed by atoms with van der Waals surface area (Å²) in [7, 11) is 0. The van der Waals surface area contributed by atoms with Crippen molar-refractivity contribution >= 4 is 17.2 Å². The normalized spacial score (nSPS) is 10.9. The summed E-state index contributed by atoms with van der Waals surface area (Å²) in [5.41, 5.74) is 4.47. The number of amides is 1. The second-order valence-electron chi connectivity index (χ2n) is 7.45. The molecule has 0 fully saturated rings. The first kappa shape index (κ1) is 22.3. The van der Waals surface area contributed by atoms with Gasteiger partial charge in [-0.3, -0.25) is 4.79 Å². The highest BCUT2D eigenvalue weighted by molar-refractivity contribution is 6.05. The zero-order valence-electron chi connectivity index (χ0n) is 19.0. The molecule has 2 heterocycles. The van der Waals surface area contributed by atoms with Crippen molar-refractivity contribution in [3.05, 3.63) is 71.4 Å². The highest BCUT2D eigenvalue weighted by atomic mass is 19.1. The molecule has 0 unspecified atom stereocenters. The number of carbonyl (C=O) groups excluding carboxylic acids is 1. The highest BCUT2D eigenvalue weighted by Gasteiger charge is 2.20. The van der Waals surface area contributed by atoms with Gasteiger partial charge in [-0.1, -0.05) is 12.1 Å². The molecule has 8 heteroatoms. The molecule has 2 aromatic carbocycles. The molecule has 2 aromatic heterocycles. The van der Waals surface area contributed by atoms with Gasteiger partial charge < -0.3 is 14.8 Å². The van der Waals surface area contributed by atoms with Gasteiger partial charge >= 0.3 is 0 Å². The summed E-state index contributed by atoms with van der Waals surface area (Å²) in [6, 6.07) is 11.5. The zero-order chi connectivity index (χ0) is 23.5. The molecule has 33 heavy (non-hydrogen) atoms. The molecule has 0 bridgehead atoms. The Morgan fingerprint density at radius 1 is 1.06 bits per heavy atom. The molecule has 0 saturated heterocycles. The lowest BCUT2D eigenvalue weighted by Gasteiger charge is -2.12. The van der Waals surface area contributed by atoms with E-state index in [4.69, 9.17) is 9.47 Å². The van der Waals surface area contributed by atoms with E-state index in [0.29, 0.717) is 47.3 Å². The number of aryl methyl sites for hydroxylation is 2. The number of aromatic nitrogens is 3. The van der Waals surface area contributed by atoms with E-state index in [1.165, 1.54) is 24.4 Å². The molecule has 1 amide bonds. The molecule has 7 nitrogen and oxygen atoms in total. The fraction of sp³-hybridized carbons (Fsp3) is 0.240. The van der Waals surface area contributed by atoms with E-state index in [1.54, 1.807) is 17.5 Å². The van der Waals surface area contributed by atoms with Crippen LogP contribution in [0.15, 0.2) is 48.7 Å². The molecule has 170 valence electrons. The topological polar surface area (TPSA) is 77.8 Å². The van der Waals surface area contributed by atoms with Crippen molar-refractivity contribution < 1.29 is 18.7 Å². The molecule has 0 aliphatic rings. The minimum absolute atomic E-state index is 0.350.